The van der Waals surface area contributed by atoms with E-state index in [0.717, 1.165) is 18.9 Å². The van der Waals surface area contributed by atoms with E-state index >= 15 is 0 Å². The van der Waals surface area contributed by atoms with Gasteiger partial charge in [-0.05, 0) is 44.2 Å². The molecule has 0 amide bonds. The number of benzene rings is 1. The number of aromatic carboxylic acids is 1. The Morgan fingerprint density at radius 3 is 2.46 bits per heavy atom. The predicted molar refractivity (Wildman–Crippen MR) is 94.5 cm³/mol. The Morgan fingerprint density at radius 1 is 1.23 bits per heavy atom. The summed E-state index contributed by atoms with van der Waals surface area (Å²) in [6.45, 7) is 2.59. The molecule has 1 saturated heterocycles. The standard InChI is InChI=1S/C19H20F2N2O3/c1-10-16-13(8-15(21)17(10)22-6-4-11(20)5-7-22)18(24)14(19(25)26)9-23(16)12-2-3-12/h8-9,11-12H,2-7H2,1H3,(H,25,26). The SMILES string of the molecule is Cc1c(N2CCC(F)CC2)c(F)cc2c(=O)c(C(=O)O)cn(C3CC3)c12. The summed E-state index contributed by atoms with van der Waals surface area (Å²) in [6.07, 6.45) is 3.02. The Labute approximate surface area is 148 Å². The van der Waals surface area contributed by atoms with E-state index in [1.165, 1.54) is 6.20 Å². The first-order chi connectivity index (χ1) is 12.4. The van der Waals surface area contributed by atoms with Crippen LogP contribution in [0.2, 0.25) is 0 Å². The van der Waals surface area contributed by atoms with Gasteiger partial charge in [-0.2, -0.15) is 0 Å². The maximum atomic E-state index is 14.9. The van der Waals surface area contributed by atoms with Gasteiger partial charge in [-0.15, -0.1) is 0 Å². The molecule has 4 rings (SSSR count). The van der Waals surface area contributed by atoms with Gasteiger partial charge in [0.15, 0.2) is 0 Å². The summed E-state index contributed by atoms with van der Waals surface area (Å²) in [5.74, 6) is -1.87. The van der Waals surface area contributed by atoms with E-state index < -0.39 is 23.4 Å². The molecule has 1 N–H and O–H groups in total. The zero-order valence-electron chi connectivity index (χ0n) is 14.5. The second kappa shape index (κ2) is 6.07. The van der Waals surface area contributed by atoms with Crippen LogP contribution in [0, 0.1) is 12.7 Å². The lowest BCUT2D eigenvalue weighted by Gasteiger charge is -2.32. The predicted octanol–water partition coefficient (Wildman–Crippen LogP) is 3.42. The van der Waals surface area contributed by atoms with Crippen molar-refractivity contribution in [3.05, 3.63) is 39.4 Å². The minimum absolute atomic E-state index is 0.0935. The first-order valence-corrected chi connectivity index (χ1v) is 8.88. The molecule has 1 aromatic carbocycles. The molecule has 7 heteroatoms. The lowest BCUT2D eigenvalue weighted by Crippen LogP contribution is -2.35. The maximum absolute atomic E-state index is 14.9. The number of carboxylic acid groups (broad SMARTS) is 1. The number of anilines is 1. The summed E-state index contributed by atoms with van der Waals surface area (Å²) in [5.41, 5.74) is 0.579. The third-order valence-corrected chi connectivity index (χ3v) is 5.39. The van der Waals surface area contributed by atoms with Crippen LogP contribution >= 0.6 is 0 Å². The number of carboxylic acids is 1. The van der Waals surface area contributed by atoms with E-state index in [4.69, 9.17) is 0 Å². The Morgan fingerprint density at radius 2 is 1.88 bits per heavy atom. The second-order valence-electron chi connectivity index (χ2n) is 7.21. The highest BCUT2D eigenvalue weighted by molar-refractivity contribution is 5.95. The van der Waals surface area contributed by atoms with E-state index in [-0.39, 0.29) is 17.0 Å². The van der Waals surface area contributed by atoms with E-state index in [9.17, 15) is 23.5 Å². The number of halogens is 2. The van der Waals surface area contributed by atoms with Crippen LogP contribution < -0.4 is 10.3 Å². The Balaban J connectivity index is 1.97. The molecule has 5 nitrogen and oxygen atoms in total. The number of aromatic nitrogens is 1. The highest BCUT2D eigenvalue weighted by Crippen LogP contribution is 2.40. The Kier molecular flexibility index (Phi) is 3.97. The number of fused-ring (bicyclic) bond motifs is 1. The number of hydrogen-bond donors (Lipinski definition) is 1. The summed E-state index contributed by atoms with van der Waals surface area (Å²) >= 11 is 0. The van der Waals surface area contributed by atoms with Crippen molar-refractivity contribution in [2.75, 3.05) is 18.0 Å². The van der Waals surface area contributed by atoms with Gasteiger partial charge in [0.2, 0.25) is 5.43 Å². The van der Waals surface area contributed by atoms with Gasteiger partial charge in [0.25, 0.3) is 0 Å². The van der Waals surface area contributed by atoms with E-state index in [1.54, 1.807) is 11.5 Å². The molecule has 2 aromatic rings. The molecule has 138 valence electrons. The normalized spacial score (nSPS) is 18.5. The number of aryl methyl sites for hydroxylation is 1. The van der Waals surface area contributed by atoms with Gasteiger partial charge in [0.1, 0.15) is 17.6 Å². The van der Waals surface area contributed by atoms with Crippen molar-refractivity contribution in [1.82, 2.24) is 4.57 Å². The summed E-state index contributed by atoms with van der Waals surface area (Å²) in [6, 6.07) is 1.28. The van der Waals surface area contributed by atoms with Gasteiger partial charge in [-0.1, -0.05) is 0 Å². The fraction of sp³-hybridized carbons (Fsp3) is 0.474. The highest BCUT2D eigenvalue weighted by atomic mass is 19.1. The molecule has 1 saturated carbocycles. The lowest BCUT2D eigenvalue weighted by atomic mass is 10.0. The maximum Gasteiger partial charge on any atom is 0.341 e. The molecule has 2 fully saturated rings. The summed E-state index contributed by atoms with van der Waals surface area (Å²) < 4.78 is 30.2. The molecule has 0 spiro atoms. The van der Waals surface area contributed by atoms with Crippen molar-refractivity contribution in [3.63, 3.8) is 0 Å². The average molecular weight is 362 g/mol. The topological polar surface area (TPSA) is 62.5 Å². The molecule has 0 unspecified atom stereocenters. The first-order valence-electron chi connectivity index (χ1n) is 8.88. The van der Waals surface area contributed by atoms with Crippen LogP contribution in [0.25, 0.3) is 10.9 Å². The molecule has 26 heavy (non-hydrogen) atoms. The Hall–Kier alpha value is -2.44. The average Bonchev–Trinajstić information content (AvgIpc) is 3.42. The molecular formula is C19H20F2N2O3. The third-order valence-electron chi connectivity index (χ3n) is 5.39. The molecule has 0 bridgehead atoms. The lowest BCUT2D eigenvalue weighted by molar-refractivity contribution is 0.0695. The number of nitrogens with zero attached hydrogens (tertiary/aromatic N) is 2. The van der Waals surface area contributed by atoms with Gasteiger partial charge < -0.3 is 14.6 Å². The second-order valence-corrected chi connectivity index (χ2v) is 7.21. The number of pyridine rings is 1. The van der Waals surface area contributed by atoms with Crippen LogP contribution in [0.1, 0.15) is 47.6 Å². The zero-order valence-corrected chi connectivity index (χ0v) is 14.5. The van der Waals surface area contributed by atoms with Crippen molar-refractivity contribution in [2.45, 2.75) is 44.8 Å². The number of alkyl halides is 1. The fourth-order valence-electron chi connectivity index (χ4n) is 3.92. The number of carbonyl (C=O) groups is 1. The van der Waals surface area contributed by atoms with Crippen LogP contribution in [-0.2, 0) is 0 Å². The van der Waals surface area contributed by atoms with Gasteiger partial charge in [-0.25, -0.2) is 13.6 Å². The molecule has 1 aromatic heterocycles. The van der Waals surface area contributed by atoms with Crippen molar-refractivity contribution < 1.29 is 18.7 Å². The number of rotatable bonds is 3. The van der Waals surface area contributed by atoms with Crippen LogP contribution in [-0.4, -0.2) is 34.9 Å². The van der Waals surface area contributed by atoms with Crippen molar-refractivity contribution >= 4 is 22.6 Å². The monoisotopic (exact) mass is 362 g/mol. The molecule has 1 aliphatic heterocycles. The summed E-state index contributed by atoms with van der Waals surface area (Å²) in [7, 11) is 0. The third kappa shape index (κ3) is 2.66. The van der Waals surface area contributed by atoms with Crippen LogP contribution in [0.15, 0.2) is 17.1 Å². The Bertz CT molecular complexity index is 958. The van der Waals surface area contributed by atoms with Crippen LogP contribution in [0.4, 0.5) is 14.5 Å². The minimum Gasteiger partial charge on any atom is -0.477 e. The van der Waals surface area contributed by atoms with Gasteiger partial charge in [0, 0.05) is 30.7 Å². The smallest absolute Gasteiger partial charge is 0.341 e. The molecule has 0 radical (unpaired) electrons. The molecule has 0 atom stereocenters. The van der Waals surface area contributed by atoms with E-state index in [0.29, 0.717) is 42.7 Å². The molecular weight excluding hydrogens is 342 g/mol. The van der Waals surface area contributed by atoms with Crippen molar-refractivity contribution in [1.29, 1.82) is 0 Å². The first kappa shape index (κ1) is 17.0. The quantitative estimate of drug-likeness (QED) is 0.909. The van der Waals surface area contributed by atoms with Crippen LogP contribution in [0.5, 0.6) is 0 Å². The zero-order chi connectivity index (χ0) is 18.6. The molecule has 2 heterocycles. The largest absolute Gasteiger partial charge is 0.477 e. The summed E-state index contributed by atoms with van der Waals surface area (Å²) in [5, 5.41) is 9.42. The fourth-order valence-corrected chi connectivity index (χ4v) is 3.92. The highest BCUT2D eigenvalue weighted by Gasteiger charge is 2.30. The summed E-state index contributed by atoms with van der Waals surface area (Å²) in [4.78, 5) is 25.8. The number of hydrogen-bond acceptors (Lipinski definition) is 3. The number of piperidine rings is 1. The van der Waals surface area contributed by atoms with Crippen LogP contribution in [0.3, 0.4) is 0 Å². The van der Waals surface area contributed by atoms with Crippen molar-refractivity contribution in [3.8, 4) is 0 Å². The molecule has 2 aliphatic rings. The van der Waals surface area contributed by atoms with Gasteiger partial charge >= 0.3 is 5.97 Å². The van der Waals surface area contributed by atoms with E-state index in [1.807, 2.05) is 4.90 Å². The van der Waals surface area contributed by atoms with Gasteiger partial charge in [-0.3, -0.25) is 4.79 Å². The van der Waals surface area contributed by atoms with Crippen molar-refractivity contribution in [2.24, 2.45) is 0 Å². The minimum atomic E-state index is -1.31. The molecule has 1 aliphatic carbocycles. The van der Waals surface area contributed by atoms with Gasteiger partial charge in [0.05, 0.1) is 11.2 Å². The van der Waals surface area contributed by atoms with E-state index in [2.05, 4.69) is 0 Å².